The van der Waals surface area contributed by atoms with Gasteiger partial charge in [0.15, 0.2) is 0 Å². The van der Waals surface area contributed by atoms with Crippen LogP contribution in [0.2, 0.25) is 0 Å². The Kier molecular flexibility index (Phi) is 9.91. The summed E-state index contributed by atoms with van der Waals surface area (Å²) >= 11 is 0. The fourth-order valence-corrected chi connectivity index (χ4v) is 2.40. The van der Waals surface area contributed by atoms with E-state index in [2.05, 4.69) is 10.0 Å². The van der Waals surface area contributed by atoms with Gasteiger partial charge in [-0.2, -0.15) is 0 Å². The molecule has 0 aliphatic heterocycles. The van der Waals surface area contributed by atoms with E-state index in [4.69, 9.17) is 4.74 Å². The van der Waals surface area contributed by atoms with Gasteiger partial charge in [0.25, 0.3) is 0 Å². The van der Waals surface area contributed by atoms with Gasteiger partial charge >= 0.3 is 0 Å². The predicted molar refractivity (Wildman–Crippen MR) is 66.1 cm³/mol. The highest BCUT2D eigenvalue weighted by Crippen LogP contribution is 1.94. The molecule has 16 heavy (non-hydrogen) atoms. The Morgan fingerprint density at radius 1 is 1.12 bits per heavy atom. The lowest BCUT2D eigenvalue weighted by Gasteiger charge is -2.06. The van der Waals surface area contributed by atoms with E-state index in [0.29, 0.717) is 26.2 Å². The quantitative estimate of drug-likeness (QED) is 0.520. The molecule has 0 aromatic heterocycles. The molecule has 0 aromatic carbocycles. The standard InChI is InChI=1S/C10H24N2O3S/c1-3-15-9-6-8-12-16(13,14)10-5-4-7-11-2/h11-12H,3-10H2,1-2H3. The number of unbranched alkanes of at least 4 members (excludes halogenated alkanes) is 1. The smallest absolute Gasteiger partial charge is 0.211 e. The number of ether oxygens (including phenoxy) is 1. The van der Waals surface area contributed by atoms with Crippen LogP contribution in [0.15, 0.2) is 0 Å². The highest BCUT2D eigenvalue weighted by atomic mass is 32.2. The van der Waals surface area contributed by atoms with E-state index in [0.717, 1.165) is 19.4 Å². The van der Waals surface area contributed by atoms with Crippen LogP contribution in [0.4, 0.5) is 0 Å². The molecule has 5 nitrogen and oxygen atoms in total. The Labute approximate surface area is 99.0 Å². The van der Waals surface area contributed by atoms with Crippen LogP contribution >= 0.6 is 0 Å². The Hall–Kier alpha value is -0.170. The maximum absolute atomic E-state index is 11.5. The summed E-state index contributed by atoms with van der Waals surface area (Å²) in [5.74, 6) is 0.212. The molecule has 0 spiro atoms. The van der Waals surface area contributed by atoms with Gasteiger partial charge < -0.3 is 10.1 Å². The van der Waals surface area contributed by atoms with E-state index in [1.165, 1.54) is 0 Å². The van der Waals surface area contributed by atoms with Gasteiger partial charge in [-0.25, -0.2) is 13.1 Å². The second kappa shape index (κ2) is 10.0. The first-order valence-corrected chi connectivity index (χ1v) is 7.47. The zero-order chi connectivity index (χ0) is 12.3. The summed E-state index contributed by atoms with van der Waals surface area (Å²) in [7, 11) is -1.22. The summed E-state index contributed by atoms with van der Waals surface area (Å²) in [6.07, 6.45) is 2.31. The highest BCUT2D eigenvalue weighted by Gasteiger charge is 2.08. The van der Waals surface area contributed by atoms with Gasteiger partial charge in [-0.05, 0) is 39.8 Å². The summed E-state index contributed by atoms with van der Waals surface area (Å²) in [5.41, 5.74) is 0. The molecule has 0 saturated heterocycles. The summed E-state index contributed by atoms with van der Waals surface area (Å²) in [6, 6.07) is 0. The van der Waals surface area contributed by atoms with Crippen LogP contribution in [0.5, 0.6) is 0 Å². The average molecular weight is 252 g/mol. The van der Waals surface area contributed by atoms with Crippen molar-refractivity contribution in [3.63, 3.8) is 0 Å². The van der Waals surface area contributed by atoms with Gasteiger partial charge in [0.1, 0.15) is 0 Å². The highest BCUT2D eigenvalue weighted by molar-refractivity contribution is 7.89. The molecule has 2 N–H and O–H groups in total. The third-order valence-corrected chi connectivity index (χ3v) is 3.55. The van der Waals surface area contributed by atoms with E-state index in [1.54, 1.807) is 0 Å². The first kappa shape index (κ1) is 15.8. The van der Waals surface area contributed by atoms with Crippen LogP contribution in [0.3, 0.4) is 0 Å². The lowest BCUT2D eigenvalue weighted by atomic mass is 10.3. The van der Waals surface area contributed by atoms with Crippen molar-refractivity contribution in [3.8, 4) is 0 Å². The molecule has 98 valence electrons. The summed E-state index contributed by atoms with van der Waals surface area (Å²) in [6.45, 7) is 4.54. The fraction of sp³-hybridized carbons (Fsp3) is 1.00. The minimum atomic E-state index is -3.08. The molecule has 0 amide bonds. The molecule has 0 saturated carbocycles. The van der Waals surface area contributed by atoms with E-state index in [1.807, 2.05) is 14.0 Å². The van der Waals surface area contributed by atoms with E-state index in [-0.39, 0.29) is 5.75 Å². The van der Waals surface area contributed by atoms with Gasteiger partial charge in [-0.1, -0.05) is 0 Å². The predicted octanol–water partition coefficient (Wildman–Crippen LogP) is 0.332. The Balaban J connectivity index is 3.47. The van der Waals surface area contributed by atoms with Crippen molar-refractivity contribution in [2.24, 2.45) is 0 Å². The summed E-state index contributed by atoms with van der Waals surface area (Å²) < 4.78 is 30.6. The van der Waals surface area contributed by atoms with E-state index < -0.39 is 10.0 Å². The monoisotopic (exact) mass is 252 g/mol. The fourth-order valence-electron chi connectivity index (χ4n) is 1.21. The van der Waals surface area contributed by atoms with Crippen molar-refractivity contribution in [1.82, 2.24) is 10.0 Å². The maximum atomic E-state index is 11.5. The number of rotatable bonds is 11. The van der Waals surface area contributed by atoms with Gasteiger partial charge in [0.05, 0.1) is 5.75 Å². The van der Waals surface area contributed by atoms with Crippen molar-refractivity contribution in [2.75, 3.05) is 39.1 Å². The van der Waals surface area contributed by atoms with Gasteiger partial charge in [-0.15, -0.1) is 0 Å². The lowest BCUT2D eigenvalue weighted by molar-refractivity contribution is 0.146. The van der Waals surface area contributed by atoms with Crippen LogP contribution in [0, 0.1) is 0 Å². The zero-order valence-electron chi connectivity index (χ0n) is 10.3. The van der Waals surface area contributed by atoms with Crippen molar-refractivity contribution < 1.29 is 13.2 Å². The van der Waals surface area contributed by atoms with Crippen LogP contribution in [-0.2, 0) is 14.8 Å². The molecular formula is C10H24N2O3S. The molecule has 0 radical (unpaired) electrons. The molecule has 0 unspecified atom stereocenters. The number of hydrogen-bond acceptors (Lipinski definition) is 4. The Morgan fingerprint density at radius 3 is 2.50 bits per heavy atom. The molecule has 0 aliphatic rings. The number of hydrogen-bond donors (Lipinski definition) is 2. The van der Waals surface area contributed by atoms with E-state index in [9.17, 15) is 8.42 Å². The van der Waals surface area contributed by atoms with Crippen molar-refractivity contribution in [1.29, 1.82) is 0 Å². The second-order valence-electron chi connectivity index (χ2n) is 3.57. The SMILES string of the molecule is CCOCCCNS(=O)(=O)CCCCNC. The van der Waals surface area contributed by atoms with Crippen molar-refractivity contribution in [2.45, 2.75) is 26.2 Å². The Bertz CT molecular complexity index is 242. The van der Waals surface area contributed by atoms with Crippen LogP contribution in [-0.4, -0.2) is 47.5 Å². The topological polar surface area (TPSA) is 67.4 Å². The molecule has 0 aromatic rings. The van der Waals surface area contributed by atoms with Crippen LogP contribution in [0.1, 0.15) is 26.2 Å². The first-order valence-electron chi connectivity index (χ1n) is 5.82. The molecule has 0 heterocycles. The largest absolute Gasteiger partial charge is 0.382 e. The zero-order valence-corrected chi connectivity index (χ0v) is 11.1. The molecule has 0 atom stereocenters. The molecule has 6 heteroatoms. The van der Waals surface area contributed by atoms with Crippen LogP contribution in [0.25, 0.3) is 0 Å². The minimum absolute atomic E-state index is 0.212. The molecular weight excluding hydrogens is 228 g/mol. The van der Waals surface area contributed by atoms with Crippen LogP contribution < -0.4 is 10.0 Å². The Morgan fingerprint density at radius 2 is 1.88 bits per heavy atom. The normalized spacial score (nSPS) is 11.9. The second-order valence-corrected chi connectivity index (χ2v) is 5.50. The van der Waals surface area contributed by atoms with Gasteiger partial charge in [0.2, 0.25) is 10.0 Å². The van der Waals surface area contributed by atoms with Crippen molar-refractivity contribution in [3.05, 3.63) is 0 Å². The van der Waals surface area contributed by atoms with Gasteiger partial charge in [-0.3, -0.25) is 0 Å². The van der Waals surface area contributed by atoms with Gasteiger partial charge in [0, 0.05) is 19.8 Å². The number of sulfonamides is 1. The summed E-state index contributed by atoms with van der Waals surface area (Å²) in [5, 5.41) is 2.99. The molecule has 0 fully saturated rings. The summed E-state index contributed by atoms with van der Waals surface area (Å²) in [4.78, 5) is 0. The maximum Gasteiger partial charge on any atom is 0.211 e. The molecule has 0 bridgehead atoms. The molecule has 0 aliphatic carbocycles. The van der Waals surface area contributed by atoms with E-state index >= 15 is 0 Å². The third-order valence-electron chi connectivity index (χ3n) is 2.08. The van der Waals surface area contributed by atoms with Crippen molar-refractivity contribution >= 4 is 10.0 Å². The molecule has 0 rings (SSSR count). The lowest BCUT2D eigenvalue weighted by Crippen LogP contribution is -2.28. The minimum Gasteiger partial charge on any atom is -0.382 e. The third kappa shape index (κ3) is 10.4. The average Bonchev–Trinajstić information content (AvgIpc) is 2.24. The first-order chi connectivity index (χ1) is 7.62. The number of nitrogens with one attached hydrogen (secondary N) is 2.